The van der Waals surface area contributed by atoms with E-state index >= 15 is 0 Å². The van der Waals surface area contributed by atoms with E-state index in [4.69, 9.17) is 5.11 Å². The van der Waals surface area contributed by atoms with Crippen LogP contribution in [0.15, 0.2) is 18.2 Å². The van der Waals surface area contributed by atoms with Gasteiger partial charge in [0, 0.05) is 24.8 Å². The maximum Gasteiger partial charge on any atom is 0.315 e. The summed E-state index contributed by atoms with van der Waals surface area (Å²) in [4.78, 5) is 11.9. The molecular formula is C17H26F2N2O2. The lowest BCUT2D eigenvalue weighted by atomic mass is 9.89. The highest BCUT2D eigenvalue weighted by atomic mass is 19.1. The van der Waals surface area contributed by atoms with Crippen LogP contribution in [0.1, 0.15) is 51.6 Å². The molecule has 6 heteroatoms. The quantitative estimate of drug-likeness (QED) is 0.640. The number of hydrogen-bond donors (Lipinski definition) is 3. The molecule has 2 amide bonds. The lowest BCUT2D eigenvalue weighted by Gasteiger charge is -2.22. The number of urea groups is 1. The summed E-state index contributed by atoms with van der Waals surface area (Å²) < 4.78 is 26.7. The Morgan fingerprint density at radius 1 is 1.35 bits per heavy atom. The number of halogens is 2. The second kappa shape index (κ2) is 8.82. The number of nitrogens with one attached hydrogen (secondary N) is 2. The lowest BCUT2D eigenvalue weighted by Crippen LogP contribution is -2.38. The Labute approximate surface area is 136 Å². The summed E-state index contributed by atoms with van der Waals surface area (Å²) in [5, 5.41) is 14.6. The zero-order chi connectivity index (χ0) is 17.5. The molecule has 0 radical (unpaired) electrons. The number of rotatable bonds is 8. The van der Waals surface area contributed by atoms with Crippen molar-refractivity contribution in [1.29, 1.82) is 0 Å². The van der Waals surface area contributed by atoms with Gasteiger partial charge in [-0.3, -0.25) is 0 Å². The number of amides is 2. The second-order valence-corrected chi connectivity index (χ2v) is 6.45. The van der Waals surface area contributed by atoms with Crippen LogP contribution >= 0.6 is 0 Å². The highest BCUT2D eigenvalue weighted by Crippen LogP contribution is 2.21. The van der Waals surface area contributed by atoms with Gasteiger partial charge in [0.15, 0.2) is 0 Å². The van der Waals surface area contributed by atoms with Gasteiger partial charge in [0.2, 0.25) is 0 Å². The predicted molar refractivity (Wildman–Crippen MR) is 86.0 cm³/mol. The first-order valence-electron chi connectivity index (χ1n) is 7.89. The average Bonchev–Trinajstić information content (AvgIpc) is 2.50. The summed E-state index contributed by atoms with van der Waals surface area (Å²) in [7, 11) is 0. The third-order valence-corrected chi connectivity index (χ3v) is 3.80. The fourth-order valence-electron chi connectivity index (χ4n) is 2.24. The van der Waals surface area contributed by atoms with Crippen LogP contribution in [0, 0.1) is 17.0 Å². The molecule has 1 atom stereocenters. The zero-order valence-corrected chi connectivity index (χ0v) is 14.0. The van der Waals surface area contributed by atoms with Crippen LogP contribution in [0.5, 0.6) is 0 Å². The van der Waals surface area contributed by atoms with E-state index in [1.54, 1.807) is 0 Å². The van der Waals surface area contributed by atoms with Gasteiger partial charge in [-0.05, 0) is 30.7 Å². The number of aliphatic hydroxyl groups excluding tert-OH is 1. The largest absolute Gasteiger partial charge is 0.396 e. The normalized spacial score (nSPS) is 12.8. The molecule has 3 N–H and O–H groups in total. The van der Waals surface area contributed by atoms with E-state index in [0.29, 0.717) is 13.0 Å². The molecule has 0 aliphatic carbocycles. The molecule has 0 aliphatic heterocycles. The van der Waals surface area contributed by atoms with Crippen molar-refractivity contribution in [2.75, 3.05) is 13.2 Å². The average molecular weight is 328 g/mol. The number of aliphatic hydroxyl groups is 1. The van der Waals surface area contributed by atoms with Crippen molar-refractivity contribution in [2.24, 2.45) is 5.41 Å². The number of carbonyl (C=O) groups is 1. The molecule has 0 saturated heterocycles. The minimum Gasteiger partial charge on any atom is -0.396 e. The van der Waals surface area contributed by atoms with Crippen molar-refractivity contribution >= 4 is 6.03 Å². The summed E-state index contributed by atoms with van der Waals surface area (Å²) in [6.45, 7) is 6.30. The number of hydrogen-bond acceptors (Lipinski definition) is 2. The predicted octanol–water partition coefficient (Wildman–Crippen LogP) is 3.51. The van der Waals surface area contributed by atoms with E-state index in [1.165, 1.54) is 12.1 Å². The molecule has 1 unspecified atom stereocenters. The van der Waals surface area contributed by atoms with Gasteiger partial charge >= 0.3 is 6.03 Å². The van der Waals surface area contributed by atoms with Crippen LogP contribution in [0.2, 0.25) is 0 Å². The highest BCUT2D eigenvalue weighted by molar-refractivity contribution is 5.74. The van der Waals surface area contributed by atoms with E-state index in [9.17, 15) is 13.6 Å². The van der Waals surface area contributed by atoms with Gasteiger partial charge in [-0.1, -0.05) is 26.8 Å². The van der Waals surface area contributed by atoms with Crippen molar-refractivity contribution in [1.82, 2.24) is 10.6 Å². The van der Waals surface area contributed by atoms with Crippen molar-refractivity contribution in [3.8, 4) is 0 Å². The van der Waals surface area contributed by atoms with Crippen LogP contribution in [0.3, 0.4) is 0 Å². The molecule has 23 heavy (non-hydrogen) atoms. The SMILES string of the molecule is CCC(NC(=O)NCCCC(C)(C)CO)c1ccc(F)cc1F. The van der Waals surface area contributed by atoms with Crippen molar-refractivity contribution < 1.29 is 18.7 Å². The monoisotopic (exact) mass is 328 g/mol. The summed E-state index contributed by atoms with van der Waals surface area (Å²) in [5.41, 5.74) is 0.104. The first-order chi connectivity index (χ1) is 10.8. The fraction of sp³-hybridized carbons (Fsp3) is 0.588. The zero-order valence-electron chi connectivity index (χ0n) is 14.0. The molecule has 0 saturated carbocycles. The molecule has 1 aromatic rings. The van der Waals surface area contributed by atoms with Gasteiger partial charge < -0.3 is 15.7 Å². The molecule has 1 rings (SSSR count). The maximum absolute atomic E-state index is 13.8. The summed E-state index contributed by atoms with van der Waals surface area (Å²) in [5.74, 6) is -1.31. The molecule has 0 fully saturated rings. The molecule has 1 aromatic carbocycles. The van der Waals surface area contributed by atoms with E-state index in [-0.39, 0.29) is 23.6 Å². The molecule has 130 valence electrons. The Kier molecular flexibility index (Phi) is 7.42. The van der Waals surface area contributed by atoms with Crippen LogP contribution in [0.4, 0.5) is 13.6 Å². The Morgan fingerprint density at radius 3 is 2.61 bits per heavy atom. The van der Waals surface area contributed by atoms with Crippen molar-refractivity contribution in [3.63, 3.8) is 0 Å². The highest BCUT2D eigenvalue weighted by Gasteiger charge is 2.18. The van der Waals surface area contributed by atoms with Gasteiger partial charge in [0.1, 0.15) is 11.6 Å². The number of carbonyl (C=O) groups excluding carboxylic acids is 1. The number of benzene rings is 1. The third-order valence-electron chi connectivity index (χ3n) is 3.80. The standard InChI is InChI=1S/C17H26F2N2O2/c1-4-15(13-7-6-12(18)10-14(13)19)21-16(23)20-9-5-8-17(2,3)11-22/h6-7,10,15,22H,4-5,8-9,11H2,1-3H3,(H2,20,21,23). The van der Waals surface area contributed by atoms with Gasteiger partial charge in [-0.25, -0.2) is 13.6 Å². The third kappa shape index (κ3) is 6.52. The van der Waals surface area contributed by atoms with E-state index in [0.717, 1.165) is 18.9 Å². The molecule has 0 aromatic heterocycles. The summed E-state index contributed by atoms with van der Waals surface area (Å²) in [6.07, 6.45) is 2.02. The summed E-state index contributed by atoms with van der Waals surface area (Å²) >= 11 is 0. The van der Waals surface area contributed by atoms with Crippen LogP contribution in [-0.2, 0) is 0 Å². The molecule has 0 spiro atoms. The maximum atomic E-state index is 13.8. The molecular weight excluding hydrogens is 302 g/mol. The van der Waals surface area contributed by atoms with Crippen LogP contribution in [0.25, 0.3) is 0 Å². The Balaban J connectivity index is 2.48. The smallest absolute Gasteiger partial charge is 0.315 e. The van der Waals surface area contributed by atoms with E-state index < -0.39 is 17.7 Å². The van der Waals surface area contributed by atoms with Gasteiger partial charge in [0.25, 0.3) is 0 Å². The molecule has 0 heterocycles. The molecule has 4 nitrogen and oxygen atoms in total. The van der Waals surface area contributed by atoms with Gasteiger partial charge in [-0.15, -0.1) is 0 Å². The van der Waals surface area contributed by atoms with Gasteiger partial charge in [0.05, 0.1) is 6.04 Å². The van der Waals surface area contributed by atoms with Crippen molar-refractivity contribution in [2.45, 2.75) is 46.1 Å². The second-order valence-electron chi connectivity index (χ2n) is 6.45. The Morgan fingerprint density at radius 2 is 2.04 bits per heavy atom. The van der Waals surface area contributed by atoms with Crippen molar-refractivity contribution in [3.05, 3.63) is 35.4 Å². The minimum absolute atomic E-state index is 0.0982. The first kappa shape index (κ1) is 19.4. The minimum atomic E-state index is -0.665. The van der Waals surface area contributed by atoms with E-state index in [2.05, 4.69) is 10.6 Å². The lowest BCUT2D eigenvalue weighted by molar-refractivity contribution is 0.148. The van der Waals surface area contributed by atoms with E-state index in [1.807, 2.05) is 20.8 Å². The first-order valence-corrected chi connectivity index (χ1v) is 7.89. The van der Waals surface area contributed by atoms with Crippen LogP contribution < -0.4 is 10.6 Å². The molecule has 0 aliphatic rings. The van der Waals surface area contributed by atoms with Crippen LogP contribution in [-0.4, -0.2) is 24.3 Å². The summed E-state index contributed by atoms with van der Waals surface area (Å²) in [6, 6.07) is 2.45. The Bertz CT molecular complexity index is 521. The van der Waals surface area contributed by atoms with Gasteiger partial charge in [-0.2, -0.15) is 0 Å². The fourth-order valence-corrected chi connectivity index (χ4v) is 2.24. The Hall–Kier alpha value is -1.69. The topological polar surface area (TPSA) is 61.4 Å². The molecule has 0 bridgehead atoms.